The SMILES string of the molecule is Cc1ccccc1OCCn1c(C(C)NC(=O)C2CC2)nc2ccccc21. The summed E-state index contributed by atoms with van der Waals surface area (Å²) in [4.78, 5) is 17.0. The van der Waals surface area contributed by atoms with E-state index in [0.717, 1.165) is 41.0 Å². The van der Waals surface area contributed by atoms with Gasteiger partial charge in [0.15, 0.2) is 0 Å². The molecule has 4 rings (SSSR count). The monoisotopic (exact) mass is 363 g/mol. The maximum atomic E-state index is 12.2. The lowest BCUT2D eigenvalue weighted by Crippen LogP contribution is -2.30. The molecule has 2 aromatic carbocycles. The van der Waals surface area contributed by atoms with Gasteiger partial charge in [-0.05, 0) is 50.5 Å². The van der Waals surface area contributed by atoms with E-state index in [4.69, 9.17) is 9.72 Å². The maximum Gasteiger partial charge on any atom is 0.223 e. The second-order valence-corrected chi connectivity index (χ2v) is 7.23. The van der Waals surface area contributed by atoms with E-state index < -0.39 is 0 Å². The van der Waals surface area contributed by atoms with E-state index in [1.165, 1.54) is 0 Å². The van der Waals surface area contributed by atoms with Crippen LogP contribution in [0.4, 0.5) is 0 Å². The van der Waals surface area contributed by atoms with Crippen molar-refractivity contribution in [1.29, 1.82) is 0 Å². The van der Waals surface area contributed by atoms with Crippen LogP contribution >= 0.6 is 0 Å². The minimum Gasteiger partial charge on any atom is -0.491 e. The summed E-state index contributed by atoms with van der Waals surface area (Å²) in [5, 5.41) is 3.11. The number of carbonyl (C=O) groups is 1. The molecule has 1 heterocycles. The molecule has 140 valence electrons. The predicted molar refractivity (Wildman–Crippen MR) is 106 cm³/mol. The Morgan fingerprint density at radius 2 is 1.96 bits per heavy atom. The lowest BCUT2D eigenvalue weighted by Gasteiger charge is -2.17. The third-order valence-corrected chi connectivity index (χ3v) is 5.04. The number of imidazole rings is 1. The van der Waals surface area contributed by atoms with Crippen LogP contribution in [0.2, 0.25) is 0 Å². The largest absolute Gasteiger partial charge is 0.491 e. The molecule has 1 fully saturated rings. The minimum atomic E-state index is -0.135. The van der Waals surface area contributed by atoms with Gasteiger partial charge in [0.1, 0.15) is 18.2 Å². The van der Waals surface area contributed by atoms with Crippen LogP contribution in [0.1, 0.15) is 37.2 Å². The number of aromatic nitrogens is 2. The van der Waals surface area contributed by atoms with Crippen molar-refractivity contribution in [2.75, 3.05) is 6.61 Å². The van der Waals surface area contributed by atoms with Crippen molar-refractivity contribution < 1.29 is 9.53 Å². The van der Waals surface area contributed by atoms with Crippen LogP contribution in [0.25, 0.3) is 11.0 Å². The molecule has 1 aliphatic carbocycles. The first-order chi connectivity index (χ1) is 13.1. The molecule has 1 aromatic heterocycles. The molecule has 1 aliphatic rings. The summed E-state index contributed by atoms with van der Waals surface area (Å²) in [6.45, 7) is 5.26. The molecule has 1 saturated carbocycles. The first kappa shape index (κ1) is 17.6. The Bertz CT molecular complexity index is 959. The highest BCUT2D eigenvalue weighted by atomic mass is 16.5. The van der Waals surface area contributed by atoms with Crippen LogP contribution < -0.4 is 10.1 Å². The van der Waals surface area contributed by atoms with E-state index in [1.807, 2.05) is 56.3 Å². The lowest BCUT2D eigenvalue weighted by molar-refractivity contribution is -0.123. The number of amides is 1. The molecule has 1 N–H and O–H groups in total. The Morgan fingerprint density at radius 3 is 2.74 bits per heavy atom. The molecule has 27 heavy (non-hydrogen) atoms. The van der Waals surface area contributed by atoms with E-state index in [0.29, 0.717) is 13.2 Å². The van der Waals surface area contributed by atoms with Crippen LogP contribution in [0.15, 0.2) is 48.5 Å². The summed E-state index contributed by atoms with van der Waals surface area (Å²) >= 11 is 0. The fourth-order valence-corrected chi connectivity index (χ4v) is 3.37. The predicted octanol–water partition coefficient (Wildman–Crippen LogP) is 4.01. The molecule has 1 atom stereocenters. The summed E-state index contributed by atoms with van der Waals surface area (Å²) in [7, 11) is 0. The lowest BCUT2D eigenvalue weighted by atomic mass is 10.2. The number of carbonyl (C=O) groups excluding carboxylic acids is 1. The van der Waals surface area contributed by atoms with Crippen LogP contribution in [0, 0.1) is 12.8 Å². The smallest absolute Gasteiger partial charge is 0.223 e. The van der Waals surface area contributed by atoms with Gasteiger partial charge in [-0.15, -0.1) is 0 Å². The highest BCUT2D eigenvalue weighted by molar-refractivity contribution is 5.81. The van der Waals surface area contributed by atoms with Gasteiger partial charge in [0.25, 0.3) is 0 Å². The molecular weight excluding hydrogens is 338 g/mol. The Hall–Kier alpha value is -2.82. The number of nitrogens with zero attached hydrogens (tertiary/aromatic N) is 2. The van der Waals surface area contributed by atoms with E-state index in [1.54, 1.807) is 0 Å². The number of rotatable bonds is 7. The van der Waals surface area contributed by atoms with Crippen LogP contribution in [-0.4, -0.2) is 22.1 Å². The zero-order chi connectivity index (χ0) is 18.8. The Balaban J connectivity index is 1.54. The van der Waals surface area contributed by atoms with Crippen molar-refractivity contribution >= 4 is 16.9 Å². The molecule has 0 bridgehead atoms. The van der Waals surface area contributed by atoms with Gasteiger partial charge < -0.3 is 14.6 Å². The number of benzene rings is 2. The van der Waals surface area contributed by atoms with Gasteiger partial charge >= 0.3 is 0 Å². The van der Waals surface area contributed by atoms with Gasteiger partial charge in [0, 0.05) is 5.92 Å². The Kier molecular flexibility index (Phi) is 4.84. The fourth-order valence-electron chi connectivity index (χ4n) is 3.37. The van der Waals surface area contributed by atoms with Crippen LogP contribution in [0.5, 0.6) is 5.75 Å². The molecule has 3 aromatic rings. The molecule has 5 nitrogen and oxygen atoms in total. The standard InChI is InChI=1S/C22H25N3O2/c1-15-7-3-6-10-20(15)27-14-13-25-19-9-5-4-8-18(19)24-21(25)16(2)23-22(26)17-11-12-17/h3-10,16-17H,11-14H2,1-2H3,(H,23,26). The summed E-state index contributed by atoms with van der Waals surface area (Å²) in [5.41, 5.74) is 3.13. The highest BCUT2D eigenvalue weighted by Gasteiger charge is 2.31. The third kappa shape index (κ3) is 3.82. The normalized spacial score (nSPS) is 14.9. The Labute approximate surface area is 159 Å². The molecule has 0 saturated heterocycles. The second-order valence-electron chi connectivity index (χ2n) is 7.23. The average Bonchev–Trinajstić information content (AvgIpc) is 3.45. The number of aryl methyl sites for hydroxylation is 1. The maximum absolute atomic E-state index is 12.2. The van der Waals surface area contributed by atoms with E-state index in [2.05, 4.69) is 16.0 Å². The van der Waals surface area contributed by atoms with Crippen molar-refractivity contribution in [2.45, 2.75) is 39.3 Å². The van der Waals surface area contributed by atoms with Gasteiger partial charge in [-0.2, -0.15) is 0 Å². The van der Waals surface area contributed by atoms with Crippen molar-refractivity contribution in [3.05, 3.63) is 59.9 Å². The van der Waals surface area contributed by atoms with E-state index >= 15 is 0 Å². The van der Waals surface area contributed by atoms with E-state index in [-0.39, 0.29) is 17.9 Å². The van der Waals surface area contributed by atoms with E-state index in [9.17, 15) is 4.79 Å². The van der Waals surface area contributed by atoms with Crippen LogP contribution in [-0.2, 0) is 11.3 Å². The number of nitrogens with one attached hydrogen (secondary N) is 1. The van der Waals surface area contributed by atoms with Gasteiger partial charge in [-0.25, -0.2) is 4.98 Å². The average molecular weight is 363 g/mol. The van der Waals surface area contributed by atoms with Gasteiger partial charge in [-0.1, -0.05) is 30.3 Å². The quantitative estimate of drug-likeness (QED) is 0.690. The van der Waals surface area contributed by atoms with Gasteiger partial charge in [0.05, 0.1) is 23.6 Å². The number of para-hydroxylation sites is 3. The molecule has 1 unspecified atom stereocenters. The highest BCUT2D eigenvalue weighted by Crippen LogP contribution is 2.30. The number of hydrogen-bond donors (Lipinski definition) is 1. The van der Waals surface area contributed by atoms with Gasteiger partial charge in [0.2, 0.25) is 5.91 Å². The molecule has 5 heteroatoms. The molecule has 0 radical (unpaired) electrons. The fraction of sp³-hybridized carbons (Fsp3) is 0.364. The summed E-state index contributed by atoms with van der Waals surface area (Å²) in [6.07, 6.45) is 2.00. The van der Waals surface area contributed by atoms with Crippen molar-refractivity contribution in [3.63, 3.8) is 0 Å². The molecule has 1 amide bonds. The van der Waals surface area contributed by atoms with Crippen molar-refractivity contribution in [3.8, 4) is 5.75 Å². The first-order valence-electron chi connectivity index (χ1n) is 9.57. The minimum absolute atomic E-state index is 0.135. The Morgan fingerprint density at radius 1 is 1.22 bits per heavy atom. The summed E-state index contributed by atoms with van der Waals surface area (Å²) < 4.78 is 8.15. The summed E-state index contributed by atoms with van der Waals surface area (Å²) in [6, 6.07) is 16.0. The first-order valence-corrected chi connectivity index (χ1v) is 9.57. The number of ether oxygens (including phenoxy) is 1. The van der Waals surface area contributed by atoms with Crippen molar-refractivity contribution in [1.82, 2.24) is 14.9 Å². The number of hydrogen-bond acceptors (Lipinski definition) is 3. The number of fused-ring (bicyclic) bond motifs is 1. The molecule has 0 spiro atoms. The zero-order valence-corrected chi connectivity index (χ0v) is 15.8. The van der Waals surface area contributed by atoms with Gasteiger partial charge in [-0.3, -0.25) is 4.79 Å². The van der Waals surface area contributed by atoms with Crippen LogP contribution in [0.3, 0.4) is 0 Å². The summed E-state index contributed by atoms with van der Waals surface area (Å²) in [5.74, 6) is 2.10. The topological polar surface area (TPSA) is 56.1 Å². The molecule has 0 aliphatic heterocycles. The second kappa shape index (κ2) is 7.43. The molecular formula is C22H25N3O2. The third-order valence-electron chi connectivity index (χ3n) is 5.04. The van der Waals surface area contributed by atoms with Crippen molar-refractivity contribution in [2.24, 2.45) is 5.92 Å². The zero-order valence-electron chi connectivity index (χ0n) is 15.8.